The number of aromatic nitrogens is 1. The molecule has 3 aromatic rings. The van der Waals surface area contributed by atoms with E-state index in [1.54, 1.807) is 17.6 Å². The van der Waals surface area contributed by atoms with Gasteiger partial charge in [0.15, 0.2) is 0 Å². The third-order valence-electron chi connectivity index (χ3n) is 4.95. The normalized spacial score (nSPS) is 11.4. The number of rotatable bonds is 8. The lowest BCUT2D eigenvalue weighted by Gasteiger charge is -2.27. The Bertz CT molecular complexity index is 1100. The molecule has 0 saturated carbocycles. The summed E-state index contributed by atoms with van der Waals surface area (Å²) >= 11 is 0. The van der Waals surface area contributed by atoms with Crippen molar-refractivity contribution in [2.45, 2.75) is 33.9 Å². The first-order valence-electron chi connectivity index (χ1n) is 10.4. The maximum absolute atomic E-state index is 11.7. The molecule has 8 heteroatoms. The van der Waals surface area contributed by atoms with Crippen LogP contribution >= 0.6 is 0 Å². The summed E-state index contributed by atoms with van der Waals surface area (Å²) in [6, 6.07) is 14.6. The second-order valence-electron chi connectivity index (χ2n) is 8.92. The molecule has 0 aliphatic carbocycles. The molecule has 0 atom stereocenters. The molecule has 1 heterocycles. The molecule has 32 heavy (non-hydrogen) atoms. The van der Waals surface area contributed by atoms with Crippen LogP contribution in [0.15, 0.2) is 54.7 Å². The summed E-state index contributed by atoms with van der Waals surface area (Å²) in [5.74, 6) is 0.106. The first-order valence-corrected chi connectivity index (χ1v) is 10.4. The van der Waals surface area contributed by atoms with Gasteiger partial charge in [0, 0.05) is 30.4 Å². The van der Waals surface area contributed by atoms with Crippen LogP contribution in [0.25, 0.3) is 10.9 Å². The second-order valence-corrected chi connectivity index (χ2v) is 8.92. The van der Waals surface area contributed by atoms with Crippen molar-refractivity contribution in [1.29, 1.82) is 0 Å². The Balaban J connectivity index is 1.64. The summed E-state index contributed by atoms with van der Waals surface area (Å²) in [5.41, 5.74) is 3.60. The van der Waals surface area contributed by atoms with Gasteiger partial charge in [-0.2, -0.15) is 0 Å². The predicted molar refractivity (Wildman–Crippen MR) is 121 cm³/mol. The molecule has 1 aromatic heterocycles. The van der Waals surface area contributed by atoms with Crippen LogP contribution in [0, 0.1) is 5.41 Å². The number of carbonyl (C=O) groups excluding carboxylic acids is 1. The van der Waals surface area contributed by atoms with Gasteiger partial charge in [0.1, 0.15) is 12.4 Å². The van der Waals surface area contributed by atoms with Gasteiger partial charge >= 0.3 is 6.09 Å². The van der Waals surface area contributed by atoms with E-state index in [9.17, 15) is 14.7 Å². The lowest BCUT2D eigenvalue weighted by Crippen LogP contribution is -2.36. The van der Waals surface area contributed by atoms with Gasteiger partial charge < -0.3 is 19.3 Å². The minimum Gasteiger partial charge on any atom is -0.492 e. The zero-order chi connectivity index (χ0) is 23.3. The average Bonchev–Trinajstić information content (AvgIpc) is 3.14. The third-order valence-corrected chi connectivity index (χ3v) is 4.95. The Morgan fingerprint density at radius 1 is 1.12 bits per heavy atom. The molecule has 8 nitrogen and oxygen atoms in total. The summed E-state index contributed by atoms with van der Waals surface area (Å²) in [6.45, 7) is 7.70. The van der Waals surface area contributed by atoms with E-state index in [-0.39, 0.29) is 5.41 Å². The number of carbonyl (C=O) groups is 2. The van der Waals surface area contributed by atoms with E-state index >= 15 is 0 Å². The van der Waals surface area contributed by atoms with Gasteiger partial charge in [-0.25, -0.2) is 10.3 Å². The van der Waals surface area contributed by atoms with Crippen LogP contribution < -0.4 is 10.2 Å². The molecule has 0 spiro atoms. The largest absolute Gasteiger partial charge is 0.492 e. The van der Waals surface area contributed by atoms with E-state index in [1.807, 2.05) is 67.9 Å². The number of hydrogen-bond acceptors (Lipinski definition) is 4. The average molecular weight is 440 g/mol. The van der Waals surface area contributed by atoms with Gasteiger partial charge in [-0.3, -0.25) is 10.0 Å². The fourth-order valence-corrected chi connectivity index (χ4v) is 3.56. The highest BCUT2D eigenvalue weighted by molar-refractivity contribution is 5.97. The molecule has 0 fully saturated rings. The number of nitrogens with one attached hydrogen (secondary N) is 1. The molecule has 0 saturated heterocycles. The molecule has 3 N–H and O–H groups in total. The maximum atomic E-state index is 11.7. The van der Waals surface area contributed by atoms with Crippen molar-refractivity contribution in [2.24, 2.45) is 5.41 Å². The Morgan fingerprint density at radius 2 is 1.91 bits per heavy atom. The fourth-order valence-electron chi connectivity index (χ4n) is 3.56. The van der Waals surface area contributed by atoms with Crippen molar-refractivity contribution in [3.05, 3.63) is 65.9 Å². The van der Waals surface area contributed by atoms with Gasteiger partial charge in [-0.15, -0.1) is 0 Å². The highest BCUT2D eigenvalue weighted by atomic mass is 16.5. The van der Waals surface area contributed by atoms with E-state index in [4.69, 9.17) is 9.94 Å². The molecular weight excluding hydrogens is 410 g/mol. The zero-order valence-corrected chi connectivity index (χ0v) is 18.5. The number of hydrogen-bond donors (Lipinski definition) is 3. The minimum absolute atomic E-state index is 0.135. The van der Waals surface area contributed by atoms with Gasteiger partial charge in [0.25, 0.3) is 5.91 Å². The van der Waals surface area contributed by atoms with E-state index in [0.717, 1.165) is 16.5 Å². The number of carboxylic acid groups (broad SMARTS) is 1. The van der Waals surface area contributed by atoms with Crippen LogP contribution in [0.1, 0.15) is 36.7 Å². The molecule has 2 aromatic carbocycles. The SMILES string of the molecule is CC(C)(C)CN(Cc1cccc(OCCn2ccc3ccc(C(=O)NO)cc32)c1)C(=O)O. The van der Waals surface area contributed by atoms with Crippen LogP contribution in [-0.2, 0) is 13.1 Å². The van der Waals surface area contributed by atoms with Crippen LogP contribution in [0.2, 0.25) is 0 Å². The predicted octanol–water partition coefficient (Wildman–Crippen LogP) is 4.37. The summed E-state index contributed by atoms with van der Waals surface area (Å²) < 4.78 is 7.88. The molecule has 3 rings (SSSR count). The van der Waals surface area contributed by atoms with E-state index in [1.165, 1.54) is 4.90 Å². The highest BCUT2D eigenvalue weighted by Gasteiger charge is 2.20. The van der Waals surface area contributed by atoms with Crippen molar-refractivity contribution in [3.63, 3.8) is 0 Å². The standard InChI is InChI=1S/C24H29N3O5/c1-24(2,3)16-27(23(29)30)15-17-5-4-6-20(13-17)32-12-11-26-10-9-18-7-8-19(14-21(18)26)22(28)25-31/h4-10,13-14,31H,11-12,15-16H2,1-3H3,(H,25,28)(H,29,30). The summed E-state index contributed by atoms with van der Waals surface area (Å²) in [4.78, 5) is 24.7. The van der Waals surface area contributed by atoms with E-state index in [2.05, 4.69) is 0 Å². The number of benzene rings is 2. The number of amides is 2. The third kappa shape index (κ3) is 6.01. The first-order chi connectivity index (χ1) is 15.2. The molecule has 0 aliphatic heterocycles. The Kier molecular flexibility index (Phi) is 7.05. The second kappa shape index (κ2) is 9.74. The molecule has 0 radical (unpaired) electrons. The Morgan fingerprint density at radius 3 is 2.59 bits per heavy atom. The van der Waals surface area contributed by atoms with Crippen LogP contribution in [0.3, 0.4) is 0 Å². The van der Waals surface area contributed by atoms with Crippen molar-refractivity contribution < 1.29 is 24.6 Å². The molecule has 2 amide bonds. The lowest BCUT2D eigenvalue weighted by atomic mass is 9.96. The van der Waals surface area contributed by atoms with Crippen molar-refractivity contribution in [1.82, 2.24) is 14.9 Å². The quantitative estimate of drug-likeness (QED) is 0.357. The Hall–Kier alpha value is -3.52. The fraction of sp³-hybridized carbons (Fsp3) is 0.333. The van der Waals surface area contributed by atoms with Crippen LogP contribution in [-0.4, -0.2) is 44.9 Å². The van der Waals surface area contributed by atoms with Crippen LogP contribution in [0.5, 0.6) is 5.75 Å². The Labute approximate surface area is 187 Å². The van der Waals surface area contributed by atoms with Crippen molar-refractivity contribution in [3.8, 4) is 5.75 Å². The zero-order valence-electron chi connectivity index (χ0n) is 18.5. The monoisotopic (exact) mass is 439 g/mol. The van der Waals surface area contributed by atoms with Gasteiger partial charge in [-0.05, 0) is 46.7 Å². The highest BCUT2D eigenvalue weighted by Crippen LogP contribution is 2.21. The molecule has 0 bridgehead atoms. The minimum atomic E-state index is -0.944. The van der Waals surface area contributed by atoms with Gasteiger partial charge in [-0.1, -0.05) is 39.0 Å². The smallest absolute Gasteiger partial charge is 0.407 e. The van der Waals surface area contributed by atoms with Crippen molar-refractivity contribution in [2.75, 3.05) is 13.2 Å². The van der Waals surface area contributed by atoms with E-state index in [0.29, 0.717) is 37.6 Å². The first kappa shape index (κ1) is 23.1. The summed E-state index contributed by atoms with van der Waals surface area (Å²) in [7, 11) is 0. The number of ether oxygens (including phenoxy) is 1. The topological polar surface area (TPSA) is 104 Å². The number of fused-ring (bicyclic) bond motifs is 1. The number of hydroxylamine groups is 1. The van der Waals surface area contributed by atoms with Gasteiger partial charge in [0.05, 0.1) is 6.54 Å². The van der Waals surface area contributed by atoms with E-state index < -0.39 is 12.0 Å². The number of nitrogens with zero attached hydrogens (tertiary/aromatic N) is 2. The maximum Gasteiger partial charge on any atom is 0.407 e. The summed E-state index contributed by atoms with van der Waals surface area (Å²) in [5, 5.41) is 19.4. The van der Waals surface area contributed by atoms with Gasteiger partial charge in [0.2, 0.25) is 0 Å². The van der Waals surface area contributed by atoms with Crippen molar-refractivity contribution >= 4 is 22.9 Å². The molecule has 170 valence electrons. The molecule has 0 aliphatic rings. The molecule has 0 unspecified atom stereocenters. The summed E-state index contributed by atoms with van der Waals surface area (Å²) in [6.07, 6.45) is 0.975. The van der Waals surface area contributed by atoms with Crippen LogP contribution in [0.4, 0.5) is 4.79 Å². The lowest BCUT2D eigenvalue weighted by molar-refractivity contribution is 0.0706. The molecular formula is C24H29N3O5.